The third-order valence-corrected chi connectivity index (χ3v) is 5.98. The van der Waals surface area contributed by atoms with Gasteiger partial charge in [0.2, 0.25) is 5.82 Å². The van der Waals surface area contributed by atoms with Gasteiger partial charge in [0.25, 0.3) is 5.89 Å². The van der Waals surface area contributed by atoms with E-state index in [4.69, 9.17) is 26.5 Å². The lowest BCUT2D eigenvalue weighted by molar-refractivity contribution is 0.141. The molecule has 0 radical (unpaired) electrons. The molecule has 8 heteroatoms. The topological polar surface area (TPSA) is 63.4 Å². The molecule has 0 amide bonds. The second kappa shape index (κ2) is 10.2. The Kier molecular flexibility index (Phi) is 7.15. The van der Waals surface area contributed by atoms with E-state index in [9.17, 15) is 4.39 Å². The van der Waals surface area contributed by atoms with Gasteiger partial charge in [0.05, 0.1) is 11.6 Å². The van der Waals surface area contributed by atoms with Gasteiger partial charge in [0.1, 0.15) is 5.82 Å². The van der Waals surface area contributed by atoms with Crippen molar-refractivity contribution in [3.63, 3.8) is 0 Å². The lowest BCUT2D eigenvalue weighted by Crippen LogP contribution is -2.46. The van der Waals surface area contributed by atoms with Crippen molar-refractivity contribution < 1.29 is 13.7 Å². The first-order chi connectivity index (χ1) is 16.0. The fraction of sp³-hybridized carbons (Fsp3) is 0.320. The Morgan fingerprint density at radius 3 is 2.55 bits per heavy atom. The van der Waals surface area contributed by atoms with Gasteiger partial charge >= 0.3 is 0 Å². The molecular formula is C25H27FN4O2S. The molecule has 0 saturated heterocycles. The van der Waals surface area contributed by atoms with Gasteiger partial charge in [-0.2, -0.15) is 4.98 Å². The van der Waals surface area contributed by atoms with Gasteiger partial charge in [-0.05, 0) is 57.1 Å². The number of thiocarbonyl (C=S) groups is 1. The number of halogens is 1. The van der Waals surface area contributed by atoms with Crippen molar-refractivity contribution in [3.8, 4) is 11.4 Å². The van der Waals surface area contributed by atoms with Gasteiger partial charge in [-0.3, -0.25) is 0 Å². The maximum atomic E-state index is 13.6. The number of nitrogens with zero attached hydrogens (tertiary/aromatic N) is 3. The van der Waals surface area contributed by atoms with E-state index in [-0.39, 0.29) is 11.9 Å². The number of hydrogen-bond donors (Lipinski definition) is 1. The van der Waals surface area contributed by atoms with Crippen molar-refractivity contribution in [2.45, 2.75) is 33.2 Å². The second-order valence-corrected chi connectivity index (χ2v) is 8.31. The number of ether oxygens (including phenoxy) is 1. The van der Waals surface area contributed by atoms with Crippen molar-refractivity contribution in [3.05, 3.63) is 77.1 Å². The minimum atomic E-state index is -0.340. The predicted octanol–water partition coefficient (Wildman–Crippen LogP) is 5.27. The first-order valence-corrected chi connectivity index (χ1v) is 11.4. The van der Waals surface area contributed by atoms with Gasteiger partial charge in [-0.1, -0.05) is 47.1 Å². The second-order valence-electron chi connectivity index (χ2n) is 7.92. The van der Waals surface area contributed by atoms with E-state index in [0.29, 0.717) is 36.6 Å². The van der Waals surface area contributed by atoms with Crippen LogP contribution in [0.1, 0.15) is 43.3 Å². The number of aromatic nitrogens is 2. The van der Waals surface area contributed by atoms with Crippen LogP contribution >= 0.6 is 12.2 Å². The molecule has 0 aliphatic carbocycles. The largest absolute Gasteiger partial charge is 0.382 e. The summed E-state index contributed by atoms with van der Waals surface area (Å²) in [5, 5.41) is 8.20. The summed E-state index contributed by atoms with van der Waals surface area (Å²) in [4.78, 5) is 6.73. The first-order valence-electron chi connectivity index (χ1n) is 11.0. The molecule has 2 heterocycles. The van der Waals surface area contributed by atoms with Gasteiger partial charge in [-0.15, -0.1) is 0 Å². The van der Waals surface area contributed by atoms with Crippen molar-refractivity contribution >= 4 is 22.9 Å². The highest BCUT2D eigenvalue weighted by atomic mass is 32.1. The standard InChI is InChI=1S/C25H27FN4O2S/c1-4-31-15-5-14-30-17(3)21(22(27-25(30)33)18-10-12-20(26)13-11-18)24-28-23(29-32-24)19-8-6-16(2)7-9-19/h6-13,22H,4-5,14-15H2,1-3H3,(H,27,33). The highest BCUT2D eigenvalue weighted by Crippen LogP contribution is 2.37. The third-order valence-electron chi connectivity index (χ3n) is 5.64. The van der Waals surface area contributed by atoms with E-state index in [2.05, 4.69) is 10.5 Å². The van der Waals surface area contributed by atoms with E-state index in [1.54, 1.807) is 12.1 Å². The number of hydrogen-bond acceptors (Lipinski definition) is 5. The molecule has 0 bridgehead atoms. The fourth-order valence-electron chi connectivity index (χ4n) is 3.85. The van der Waals surface area contributed by atoms with Crippen LogP contribution in [0.15, 0.2) is 58.8 Å². The molecule has 0 spiro atoms. The summed E-state index contributed by atoms with van der Waals surface area (Å²) in [5.41, 5.74) is 4.63. The molecule has 4 rings (SSSR count). The summed E-state index contributed by atoms with van der Waals surface area (Å²) in [7, 11) is 0. The summed E-state index contributed by atoms with van der Waals surface area (Å²) in [6.45, 7) is 8.02. The normalized spacial score (nSPS) is 16.3. The molecule has 1 N–H and O–H groups in total. The van der Waals surface area contributed by atoms with E-state index in [0.717, 1.165) is 34.4 Å². The van der Waals surface area contributed by atoms with Crippen LogP contribution in [0.3, 0.4) is 0 Å². The van der Waals surface area contributed by atoms with E-state index in [1.807, 2.05) is 49.9 Å². The Balaban J connectivity index is 1.73. The zero-order valence-electron chi connectivity index (χ0n) is 19.0. The van der Waals surface area contributed by atoms with Crippen LogP contribution in [0.5, 0.6) is 0 Å². The highest BCUT2D eigenvalue weighted by molar-refractivity contribution is 7.80. The van der Waals surface area contributed by atoms with E-state index < -0.39 is 0 Å². The number of aryl methyl sites for hydroxylation is 1. The fourth-order valence-corrected chi connectivity index (χ4v) is 4.20. The average Bonchev–Trinajstić information content (AvgIpc) is 3.29. The molecule has 1 aromatic heterocycles. The van der Waals surface area contributed by atoms with Crippen LogP contribution in [0, 0.1) is 12.7 Å². The molecule has 6 nitrogen and oxygen atoms in total. The van der Waals surface area contributed by atoms with Gasteiger partial charge in [-0.25, -0.2) is 4.39 Å². The van der Waals surface area contributed by atoms with Gasteiger partial charge in [0, 0.05) is 31.0 Å². The molecule has 1 aliphatic heterocycles. The Morgan fingerprint density at radius 2 is 1.85 bits per heavy atom. The SMILES string of the molecule is CCOCCCN1C(=S)NC(c2ccc(F)cc2)C(c2nc(-c3ccc(C)cc3)no2)=C1C. The average molecular weight is 467 g/mol. The molecule has 3 aromatic rings. The quantitative estimate of drug-likeness (QED) is 0.358. The molecule has 0 saturated carbocycles. The van der Waals surface area contributed by atoms with Crippen LogP contribution in [-0.4, -0.2) is 39.9 Å². The maximum absolute atomic E-state index is 13.6. The van der Waals surface area contributed by atoms with Crippen LogP contribution < -0.4 is 5.32 Å². The van der Waals surface area contributed by atoms with Crippen LogP contribution in [0.2, 0.25) is 0 Å². The molecule has 1 atom stereocenters. The summed E-state index contributed by atoms with van der Waals surface area (Å²) < 4.78 is 24.8. The Bertz CT molecular complexity index is 1140. The summed E-state index contributed by atoms with van der Waals surface area (Å²) in [6, 6.07) is 14.0. The molecule has 2 aromatic carbocycles. The molecule has 0 fully saturated rings. The molecular weight excluding hydrogens is 439 g/mol. The molecule has 172 valence electrons. The minimum Gasteiger partial charge on any atom is -0.382 e. The first kappa shape index (κ1) is 23.1. The van der Waals surface area contributed by atoms with E-state index >= 15 is 0 Å². The van der Waals surface area contributed by atoms with E-state index in [1.165, 1.54) is 12.1 Å². The zero-order chi connectivity index (χ0) is 23.4. The number of rotatable bonds is 8. The zero-order valence-corrected chi connectivity index (χ0v) is 19.8. The van der Waals surface area contributed by atoms with Gasteiger partial charge < -0.3 is 19.5 Å². The summed E-state index contributed by atoms with van der Waals surface area (Å²) in [6.07, 6.45) is 0.819. The summed E-state index contributed by atoms with van der Waals surface area (Å²) in [5.74, 6) is 0.623. The smallest absolute Gasteiger partial charge is 0.258 e. The van der Waals surface area contributed by atoms with Crippen LogP contribution in [-0.2, 0) is 4.74 Å². The molecule has 33 heavy (non-hydrogen) atoms. The maximum Gasteiger partial charge on any atom is 0.258 e. The lowest BCUT2D eigenvalue weighted by atomic mass is 9.94. The lowest BCUT2D eigenvalue weighted by Gasteiger charge is -2.37. The Labute approximate surface area is 198 Å². The Morgan fingerprint density at radius 1 is 1.12 bits per heavy atom. The van der Waals surface area contributed by atoms with Crippen molar-refractivity contribution in [1.82, 2.24) is 20.4 Å². The number of nitrogens with one attached hydrogen (secondary N) is 1. The van der Waals surface area contributed by atoms with Crippen LogP contribution in [0.4, 0.5) is 4.39 Å². The summed E-state index contributed by atoms with van der Waals surface area (Å²) >= 11 is 5.68. The molecule has 1 aliphatic rings. The predicted molar refractivity (Wildman–Crippen MR) is 130 cm³/mol. The minimum absolute atomic E-state index is 0.295. The Hall–Kier alpha value is -3.10. The van der Waals surface area contributed by atoms with Gasteiger partial charge in [0.15, 0.2) is 5.11 Å². The van der Waals surface area contributed by atoms with Crippen molar-refractivity contribution in [2.24, 2.45) is 0 Å². The highest BCUT2D eigenvalue weighted by Gasteiger charge is 2.33. The third kappa shape index (κ3) is 5.12. The monoisotopic (exact) mass is 466 g/mol. The van der Waals surface area contributed by atoms with Crippen molar-refractivity contribution in [1.29, 1.82) is 0 Å². The van der Waals surface area contributed by atoms with Crippen molar-refractivity contribution in [2.75, 3.05) is 19.8 Å². The number of benzene rings is 2. The molecule has 1 unspecified atom stereocenters. The van der Waals surface area contributed by atoms with Crippen LogP contribution in [0.25, 0.3) is 17.0 Å². The number of allylic oxidation sites excluding steroid dienone is 1.